The summed E-state index contributed by atoms with van der Waals surface area (Å²) in [6.07, 6.45) is 0.314. The number of halogens is 2. The van der Waals surface area contributed by atoms with Crippen molar-refractivity contribution in [2.75, 3.05) is 13.1 Å². The van der Waals surface area contributed by atoms with Gasteiger partial charge in [0.05, 0.1) is 0 Å². The number of ether oxygens (including phenoxy) is 1. The highest BCUT2D eigenvalue weighted by molar-refractivity contribution is 6.44. The van der Waals surface area contributed by atoms with Crippen LogP contribution in [0, 0.1) is 0 Å². The number of piperidine rings is 1. The molecule has 1 heterocycles. The lowest BCUT2D eigenvalue weighted by atomic mass is 9.72. The number of hydrogen-bond donors (Lipinski definition) is 0. The summed E-state index contributed by atoms with van der Waals surface area (Å²) in [6.45, 7) is 6.10. The van der Waals surface area contributed by atoms with E-state index in [4.69, 9.17) is 4.74 Å². The molecule has 1 rings (SSSR count). The molecule has 1 amide bonds. The molecule has 0 radical (unpaired) electrons. The highest BCUT2D eigenvalue weighted by atomic mass is 19.2. The number of nitrogens with zero attached hydrogens (tertiary/aromatic N) is 1. The van der Waals surface area contributed by atoms with E-state index in [-0.39, 0.29) is 0 Å². The Kier molecular flexibility index (Phi) is 4.16. The summed E-state index contributed by atoms with van der Waals surface area (Å²) in [5, 5.41) is 0. The van der Waals surface area contributed by atoms with E-state index in [1.165, 1.54) is 4.90 Å². The second-order valence-corrected chi connectivity index (χ2v) is 5.14. The Labute approximate surface area is 95.3 Å². The zero-order chi connectivity index (χ0) is 12.3. The van der Waals surface area contributed by atoms with Crippen LogP contribution in [0.2, 0.25) is 5.82 Å². The fourth-order valence-electron chi connectivity index (χ4n) is 1.66. The molecule has 0 aromatic heterocycles. The summed E-state index contributed by atoms with van der Waals surface area (Å²) in [7, 11) is -2.28. The van der Waals surface area contributed by atoms with Gasteiger partial charge in [-0.25, -0.2) is 4.79 Å². The minimum atomic E-state index is -2.28. The Balaban J connectivity index is 2.39. The summed E-state index contributed by atoms with van der Waals surface area (Å²) >= 11 is 0. The van der Waals surface area contributed by atoms with E-state index in [0.29, 0.717) is 25.9 Å². The molecule has 1 saturated heterocycles. The molecular formula is C10H18BF2NO2. The molecule has 92 valence electrons. The normalized spacial score (nSPS) is 18.4. The van der Waals surface area contributed by atoms with Crippen molar-refractivity contribution in [1.29, 1.82) is 0 Å². The van der Waals surface area contributed by atoms with Gasteiger partial charge in [0.2, 0.25) is 0 Å². The molecular weight excluding hydrogens is 215 g/mol. The Hall–Kier alpha value is -0.805. The molecule has 3 nitrogen and oxygen atoms in total. The first-order chi connectivity index (χ1) is 7.29. The van der Waals surface area contributed by atoms with Gasteiger partial charge in [-0.05, 0) is 33.6 Å². The Bertz CT molecular complexity index is 248. The van der Waals surface area contributed by atoms with E-state index in [9.17, 15) is 13.4 Å². The number of rotatable bonds is 1. The monoisotopic (exact) mass is 233 g/mol. The SMILES string of the molecule is CC(C)(C)OC(=O)N1CCC(B(F)F)CC1. The largest absolute Gasteiger partial charge is 0.541 e. The minimum absolute atomic E-state index is 0.358. The molecule has 1 aliphatic heterocycles. The summed E-state index contributed by atoms with van der Waals surface area (Å²) in [4.78, 5) is 13.1. The average Bonchev–Trinajstić information content (AvgIpc) is 2.15. The van der Waals surface area contributed by atoms with Gasteiger partial charge in [-0.15, -0.1) is 0 Å². The molecule has 1 aliphatic rings. The minimum Gasteiger partial charge on any atom is -0.444 e. The van der Waals surface area contributed by atoms with Crippen LogP contribution in [-0.2, 0) is 4.74 Å². The first-order valence-corrected chi connectivity index (χ1v) is 5.55. The lowest BCUT2D eigenvalue weighted by Gasteiger charge is -2.32. The molecule has 0 unspecified atom stereocenters. The van der Waals surface area contributed by atoms with Crippen molar-refractivity contribution in [3.63, 3.8) is 0 Å². The Morgan fingerprint density at radius 2 is 1.81 bits per heavy atom. The fraction of sp³-hybridized carbons (Fsp3) is 0.900. The second kappa shape index (κ2) is 5.02. The van der Waals surface area contributed by atoms with Crippen molar-refractivity contribution >= 4 is 13.4 Å². The zero-order valence-electron chi connectivity index (χ0n) is 10.0. The maximum Gasteiger partial charge on any atom is 0.541 e. The average molecular weight is 233 g/mol. The Morgan fingerprint density at radius 1 is 1.31 bits per heavy atom. The lowest BCUT2D eigenvalue weighted by molar-refractivity contribution is 0.0213. The smallest absolute Gasteiger partial charge is 0.444 e. The summed E-state index contributed by atoms with van der Waals surface area (Å²) in [5.74, 6) is -0.571. The van der Waals surface area contributed by atoms with Gasteiger partial charge in [-0.2, -0.15) is 0 Å². The van der Waals surface area contributed by atoms with Crippen molar-refractivity contribution in [3.05, 3.63) is 0 Å². The number of likely N-dealkylation sites (tertiary alicyclic amines) is 1. The van der Waals surface area contributed by atoms with Crippen LogP contribution in [0.4, 0.5) is 13.4 Å². The topological polar surface area (TPSA) is 29.5 Å². The van der Waals surface area contributed by atoms with Gasteiger partial charge in [-0.3, -0.25) is 8.63 Å². The summed E-state index contributed by atoms with van der Waals surface area (Å²) < 4.78 is 29.9. The lowest BCUT2D eigenvalue weighted by Crippen LogP contribution is -2.42. The Morgan fingerprint density at radius 3 is 2.19 bits per heavy atom. The summed E-state index contributed by atoms with van der Waals surface area (Å²) in [5.41, 5.74) is -0.531. The van der Waals surface area contributed by atoms with E-state index < -0.39 is 24.8 Å². The molecule has 6 heteroatoms. The van der Waals surface area contributed by atoms with Crippen molar-refractivity contribution in [2.45, 2.75) is 45.0 Å². The zero-order valence-corrected chi connectivity index (χ0v) is 10.0. The number of carbonyl (C=O) groups excluding carboxylic acids is 1. The maximum atomic E-state index is 12.4. The van der Waals surface area contributed by atoms with Gasteiger partial charge in [0.15, 0.2) is 0 Å². The number of hydrogen-bond acceptors (Lipinski definition) is 2. The van der Waals surface area contributed by atoms with E-state index in [2.05, 4.69) is 0 Å². The van der Waals surface area contributed by atoms with Gasteiger partial charge < -0.3 is 9.64 Å². The van der Waals surface area contributed by atoms with Crippen LogP contribution in [0.5, 0.6) is 0 Å². The van der Waals surface area contributed by atoms with Crippen LogP contribution >= 0.6 is 0 Å². The van der Waals surface area contributed by atoms with Gasteiger partial charge in [0.1, 0.15) is 5.60 Å². The van der Waals surface area contributed by atoms with Crippen LogP contribution in [0.15, 0.2) is 0 Å². The predicted octanol–water partition coefficient (Wildman–Crippen LogP) is 2.81. The first kappa shape index (κ1) is 13.3. The molecule has 0 spiro atoms. The summed E-state index contributed by atoms with van der Waals surface area (Å²) in [6, 6.07) is 0. The van der Waals surface area contributed by atoms with E-state index in [1.54, 1.807) is 20.8 Å². The molecule has 0 N–H and O–H groups in total. The van der Waals surface area contributed by atoms with Gasteiger partial charge in [0.25, 0.3) is 0 Å². The first-order valence-electron chi connectivity index (χ1n) is 5.55. The molecule has 16 heavy (non-hydrogen) atoms. The highest BCUT2D eigenvalue weighted by Crippen LogP contribution is 2.27. The van der Waals surface area contributed by atoms with Crippen molar-refractivity contribution < 1.29 is 18.2 Å². The van der Waals surface area contributed by atoms with Crippen molar-refractivity contribution in [1.82, 2.24) is 4.90 Å². The van der Waals surface area contributed by atoms with Gasteiger partial charge in [-0.1, -0.05) is 0 Å². The predicted molar refractivity (Wildman–Crippen MR) is 58.8 cm³/mol. The van der Waals surface area contributed by atoms with Crippen LogP contribution < -0.4 is 0 Å². The van der Waals surface area contributed by atoms with Crippen LogP contribution in [0.25, 0.3) is 0 Å². The molecule has 0 atom stereocenters. The van der Waals surface area contributed by atoms with E-state index >= 15 is 0 Å². The molecule has 1 fully saturated rings. The number of carbonyl (C=O) groups is 1. The molecule has 0 aliphatic carbocycles. The van der Waals surface area contributed by atoms with Crippen LogP contribution in [0.1, 0.15) is 33.6 Å². The quantitative estimate of drug-likeness (QED) is 0.651. The van der Waals surface area contributed by atoms with E-state index in [1.807, 2.05) is 0 Å². The van der Waals surface area contributed by atoms with Gasteiger partial charge >= 0.3 is 13.4 Å². The third-order valence-electron chi connectivity index (χ3n) is 2.55. The number of amides is 1. The van der Waals surface area contributed by atoms with Crippen LogP contribution in [0.3, 0.4) is 0 Å². The maximum absolute atomic E-state index is 12.4. The standard InChI is InChI=1S/C10H18BF2NO2/c1-10(2,3)16-9(15)14-6-4-8(5-7-14)11(12)13/h8H,4-7H2,1-3H3. The third-order valence-corrected chi connectivity index (χ3v) is 2.55. The second-order valence-electron chi connectivity index (χ2n) is 5.14. The van der Waals surface area contributed by atoms with Crippen LogP contribution in [-0.4, -0.2) is 37.0 Å². The molecule has 0 saturated carbocycles. The molecule has 0 aromatic rings. The molecule has 0 aromatic carbocycles. The van der Waals surface area contributed by atoms with E-state index in [0.717, 1.165) is 0 Å². The van der Waals surface area contributed by atoms with Crippen molar-refractivity contribution in [3.8, 4) is 0 Å². The van der Waals surface area contributed by atoms with Gasteiger partial charge in [0, 0.05) is 18.9 Å². The highest BCUT2D eigenvalue weighted by Gasteiger charge is 2.33. The third kappa shape index (κ3) is 3.98. The molecule has 0 bridgehead atoms. The fourth-order valence-corrected chi connectivity index (χ4v) is 1.66. The van der Waals surface area contributed by atoms with Crippen molar-refractivity contribution in [2.24, 2.45) is 0 Å².